The molecule has 0 aliphatic rings. The number of halogens is 1. The smallest absolute Gasteiger partial charge is 0.162 e. The van der Waals surface area contributed by atoms with Crippen LogP contribution in [0.25, 0.3) is 16.5 Å². The van der Waals surface area contributed by atoms with E-state index in [1.54, 1.807) is 14.2 Å². The van der Waals surface area contributed by atoms with Crippen molar-refractivity contribution in [1.82, 2.24) is 9.97 Å². The van der Waals surface area contributed by atoms with E-state index in [-0.39, 0.29) is 12.4 Å². The van der Waals surface area contributed by atoms with Crippen molar-refractivity contribution in [2.75, 3.05) is 19.5 Å². The third-order valence-corrected chi connectivity index (χ3v) is 4.76. The van der Waals surface area contributed by atoms with E-state index in [9.17, 15) is 0 Å². The molecule has 0 spiro atoms. The first-order valence-electron chi connectivity index (χ1n) is 9.18. The Morgan fingerprint density at radius 1 is 0.833 bits per heavy atom. The Balaban J connectivity index is 0.00000256. The summed E-state index contributed by atoms with van der Waals surface area (Å²) in [4.78, 5) is 8.74. The van der Waals surface area contributed by atoms with Crippen molar-refractivity contribution in [2.45, 2.75) is 0 Å². The first-order valence-corrected chi connectivity index (χ1v) is 9.18. The van der Waals surface area contributed by atoms with Gasteiger partial charge in [0.25, 0.3) is 0 Å². The maximum atomic E-state index is 5.42. The minimum absolute atomic E-state index is 0. The normalized spacial score (nSPS) is 10.2. The predicted octanol–water partition coefficient (Wildman–Crippen LogP) is 5.87. The molecule has 5 nitrogen and oxygen atoms in total. The molecule has 0 unspecified atom stereocenters. The standard InChI is InChI=1S/C24H21N3O2.ClH/c1-16(17-7-5-4-6-8-17)18-9-11-19(12-10-18)27-24-20-13-22(28-2)23(29-3)14-21(20)25-15-26-24;/h4-15H,1H2,2-3H3,(H,25,26,27);1H. The van der Waals surface area contributed by atoms with Gasteiger partial charge in [-0.15, -0.1) is 12.4 Å². The number of hydrogen-bond donors (Lipinski definition) is 1. The highest BCUT2D eigenvalue weighted by Crippen LogP contribution is 2.34. The van der Waals surface area contributed by atoms with Crippen molar-refractivity contribution < 1.29 is 9.47 Å². The number of anilines is 2. The number of aromatic nitrogens is 2. The fraction of sp³-hybridized carbons (Fsp3) is 0.0833. The van der Waals surface area contributed by atoms with Gasteiger partial charge in [0.1, 0.15) is 12.1 Å². The molecule has 1 heterocycles. The lowest BCUT2D eigenvalue weighted by Crippen LogP contribution is -1.98. The molecule has 0 aliphatic carbocycles. The van der Waals surface area contributed by atoms with Gasteiger partial charge in [-0.25, -0.2) is 9.97 Å². The van der Waals surface area contributed by atoms with Gasteiger partial charge in [-0.2, -0.15) is 0 Å². The topological polar surface area (TPSA) is 56.3 Å². The number of benzene rings is 3. The minimum atomic E-state index is 0. The molecular weight excluding hydrogens is 398 g/mol. The first kappa shape index (κ1) is 21.1. The van der Waals surface area contributed by atoms with Crippen LogP contribution in [0.2, 0.25) is 0 Å². The quantitative estimate of drug-likeness (QED) is 0.423. The molecule has 0 aliphatic heterocycles. The van der Waals surface area contributed by atoms with Crippen molar-refractivity contribution in [3.63, 3.8) is 0 Å². The highest BCUT2D eigenvalue weighted by molar-refractivity contribution is 5.93. The Morgan fingerprint density at radius 2 is 1.47 bits per heavy atom. The van der Waals surface area contributed by atoms with E-state index < -0.39 is 0 Å². The van der Waals surface area contributed by atoms with Crippen LogP contribution in [0.4, 0.5) is 11.5 Å². The Hall–Kier alpha value is -3.57. The molecule has 0 radical (unpaired) electrons. The average Bonchev–Trinajstić information content (AvgIpc) is 2.79. The maximum Gasteiger partial charge on any atom is 0.162 e. The fourth-order valence-corrected chi connectivity index (χ4v) is 3.18. The number of methoxy groups -OCH3 is 2. The van der Waals surface area contributed by atoms with Gasteiger partial charge >= 0.3 is 0 Å². The molecule has 0 fully saturated rings. The van der Waals surface area contributed by atoms with Crippen molar-refractivity contribution in [2.24, 2.45) is 0 Å². The van der Waals surface area contributed by atoms with Crippen LogP contribution in [0.1, 0.15) is 11.1 Å². The van der Waals surface area contributed by atoms with E-state index in [1.165, 1.54) is 6.33 Å². The summed E-state index contributed by atoms with van der Waals surface area (Å²) in [7, 11) is 3.22. The molecule has 0 atom stereocenters. The third-order valence-electron chi connectivity index (χ3n) is 4.76. The molecule has 152 valence electrons. The van der Waals surface area contributed by atoms with Crippen LogP contribution in [0.15, 0.2) is 79.6 Å². The summed E-state index contributed by atoms with van der Waals surface area (Å²) in [5.74, 6) is 1.96. The Morgan fingerprint density at radius 3 is 2.13 bits per heavy atom. The summed E-state index contributed by atoms with van der Waals surface area (Å²) in [6.45, 7) is 4.22. The second-order valence-corrected chi connectivity index (χ2v) is 6.49. The highest BCUT2D eigenvalue weighted by Gasteiger charge is 2.11. The lowest BCUT2D eigenvalue weighted by molar-refractivity contribution is 0.356. The second kappa shape index (κ2) is 9.29. The molecular formula is C24H22ClN3O2. The molecule has 4 rings (SSSR count). The molecule has 0 saturated heterocycles. The van der Waals surface area contributed by atoms with Crippen molar-refractivity contribution in [3.05, 3.63) is 90.8 Å². The lowest BCUT2D eigenvalue weighted by atomic mass is 9.99. The number of rotatable bonds is 6. The predicted molar refractivity (Wildman–Crippen MR) is 124 cm³/mol. The summed E-state index contributed by atoms with van der Waals surface area (Å²) >= 11 is 0. The van der Waals surface area contributed by atoms with E-state index in [4.69, 9.17) is 9.47 Å². The zero-order valence-corrected chi connectivity index (χ0v) is 17.6. The zero-order valence-electron chi connectivity index (χ0n) is 16.8. The largest absolute Gasteiger partial charge is 0.493 e. The zero-order chi connectivity index (χ0) is 20.2. The summed E-state index contributed by atoms with van der Waals surface area (Å²) < 4.78 is 10.8. The third kappa shape index (κ3) is 4.21. The van der Waals surface area contributed by atoms with Crippen LogP contribution in [-0.2, 0) is 0 Å². The molecule has 0 amide bonds. The van der Waals surface area contributed by atoms with E-state index >= 15 is 0 Å². The monoisotopic (exact) mass is 419 g/mol. The van der Waals surface area contributed by atoms with Gasteiger partial charge < -0.3 is 14.8 Å². The molecule has 30 heavy (non-hydrogen) atoms. The van der Waals surface area contributed by atoms with Crippen molar-refractivity contribution >= 4 is 40.4 Å². The first-order chi connectivity index (χ1) is 14.2. The number of hydrogen-bond acceptors (Lipinski definition) is 5. The molecule has 3 aromatic carbocycles. The van der Waals surface area contributed by atoms with Crippen LogP contribution in [0.3, 0.4) is 0 Å². The van der Waals surface area contributed by atoms with Gasteiger partial charge in [-0.3, -0.25) is 0 Å². The number of fused-ring (bicyclic) bond motifs is 1. The van der Waals surface area contributed by atoms with Crippen LogP contribution in [-0.4, -0.2) is 24.2 Å². The summed E-state index contributed by atoms with van der Waals surface area (Å²) in [5, 5.41) is 4.21. The molecule has 0 bridgehead atoms. The van der Waals surface area contributed by atoms with E-state index in [2.05, 4.69) is 34.0 Å². The lowest BCUT2D eigenvalue weighted by Gasteiger charge is -2.13. The summed E-state index contributed by atoms with van der Waals surface area (Å²) in [6.07, 6.45) is 1.53. The van der Waals surface area contributed by atoms with Gasteiger partial charge in [0.05, 0.1) is 19.7 Å². The molecule has 1 N–H and O–H groups in total. The highest BCUT2D eigenvalue weighted by atomic mass is 35.5. The van der Waals surface area contributed by atoms with Gasteiger partial charge in [-0.05, 0) is 34.9 Å². The molecule has 1 aromatic heterocycles. The van der Waals surface area contributed by atoms with E-state index in [0.29, 0.717) is 17.3 Å². The number of nitrogens with one attached hydrogen (secondary N) is 1. The maximum absolute atomic E-state index is 5.42. The number of ether oxygens (including phenoxy) is 2. The SMILES string of the molecule is C=C(c1ccccc1)c1ccc(Nc2ncnc3cc(OC)c(OC)cc23)cc1.Cl. The van der Waals surface area contributed by atoms with Crippen LogP contribution in [0, 0.1) is 0 Å². The Kier molecular flexibility index (Phi) is 6.54. The molecule has 0 saturated carbocycles. The molecule has 6 heteroatoms. The minimum Gasteiger partial charge on any atom is -0.493 e. The Labute approximate surface area is 181 Å². The van der Waals surface area contributed by atoms with Gasteiger partial charge in [-0.1, -0.05) is 49.0 Å². The van der Waals surface area contributed by atoms with Crippen LogP contribution in [0.5, 0.6) is 11.5 Å². The average molecular weight is 420 g/mol. The van der Waals surface area contributed by atoms with Crippen LogP contribution < -0.4 is 14.8 Å². The van der Waals surface area contributed by atoms with Crippen LogP contribution >= 0.6 is 12.4 Å². The Bertz CT molecular complexity index is 1160. The van der Waals surface area contributed by atoms with Gasteiger partial charge in [0, 0.05) is 17.1 Å². The second-order valence-electron chi connectivity index (χ2n) is 6.49. The van der Waals surface area contributed by atoms with E-state index in [0.717, 1.165) is 33.3 Å². The summed E-state index contributed by atoms with van der Waals surface area (Å²) in [5.41, 5.74) is 4.86. The fourth-order valence-electron chi connectivity index (χ4n) is 3.18. The number of nitrogens with zero attached hydrogens (tertiary/aromatic N) is 2. The summed E-state index contributed by atoms with van der Waals surface area (Å²) in [6, 6.07) is 22.0. The van der Waals surface area contributed by atoms with Crippen molar-refractivity contribution in [1.29, 1.82) is 0 Å². The molecule has 4 aromatic rings. The van der Waals surface area contributed by atoms with E-state index in [1.807, 2.05) is 54.6 Å². The van der Waals surface area contributed by atoms with Crippen molar-refractivity contribution in [3.8, 4) is 11.5 Å². The van der Waals surface area contributed by atoms with Gasteiger partial charge in [0.2, 0.25) is 0 Å². The van der Waals surface area contributed by atoms with Gasteiger partial charge in [0.15, 0.2) is 11.5 Å².